The fourth-order valence-electron chi connectivity index (χ4n) is 4.28. The lowest BCUT2D eigenvalue weighted by atomic mass is 9.80. The van der Waals surface area contributed by atoms with Crippen LogP contribution in [0.15, 0.2) is 34.0 Å². The number of Topliss-reactive ketones (excluding diaryl/α,β-unsaturated/α-hetero) is 1. The number of aryl methyl sites for hydroxylation is 1. The molecular weight excluding hydrogens is 428 g/mol. The number of benzene rings is 1. The fraction of sp³-hybridized carbons (Fsp3) is 0.435. The van der Waals surface area contributed by atoms with E-state index in [0.29, 0.717) is 34.0 Å². The van der Waals surface area contributed by atoms with Crippen LogP contribution in [0.1, 0.15) is 49.3 Å². The van der Waals surface area contributed by atoms with Crippen LogP contribution in [0, 0.1) is 5.92 Å². The molecule has 168 valence electrons. The Bertz CT molecular complexity index is 1400. The van der Waals surface area contributed by atoms with Gasteiger partial charge < -0.3 is 5.32 Å². The number of carbonyl (C=O) groups excluding carboxylic acids is 1. The molecule has 3 aromatic rings. The average Bonchev–Trinajstić information content (AvgIpc) is 3.48. The molecule has 0 amide bonds. The summed E-state index contributed by atoms with van der Waals surface area (Å²) in [6, 6.07) is 7.14. The lowest BCUT2D eigenvalue weighted by molar-refractivity contribution is -0.119. The van der Waals surface area contributed by atoms with Crippen molar-refractivity contribution in [3.8, 4) is 0 Å². The summed E-state index contributed by atoms with van der Waals surface area (Å²) in [5.41, 5.74) is 2.51. The molecule has 2 saturated carbocycles. The zero-order valence-electron chi connectivity index (χ0n) is 18.1. The Morgan fingerprint density at radius 1 is 1.19 bits per heavy atom. The van der Waals surface area contributed by atoms with E-state index in [9.17, 15) is 18.0 Å². The van der Waals surface area contributed by atoms with Crippen molar-refractivity contribution in [2.24, 2.45) is 13.0 Å². The lowest BCUT2D eigenvalue weighted by Gasteiger charge is -2.26. The van der Waals surface area contributed by atoms with E-state index in [2.05, 4.69) is 15.4 Å². The van der Waals surface area contributed by atoms with Crippen molar-refractivity contribution in [2.45, 2.75) is 49.3 Å². The van der Waals surface area contributed by atoms with E-state index in [1.807, 2.05) is 6.07 Å². The number of rotatable bonds is 7. The maximum absolute atomic E-state index is 12.7. The summed E-state index contributed by atoms with van der Waals surface area (Å²) < 4.78 is 26.5. The van der Waals surface area contributed by atoms with Gasteiger partial charge in [0.1, 0.15) is 11.2 Å². The molecular formula is C23H26N4O4S. The number of hydrogen-bond donors (Lipinski definition) is 2. The molecule has 0 bridgehead atoms. The number of H-pyrrole nitrogens is 1. The van der Waals surface area contributed by atoms with E-state index in [0.717, 1.165) is 37.7 Å². The van der Waals surface area contributed by atoms with Crippen molar-refractivity contribution >= 4 is 38.0 Å². The van der Waals surface area contributed by atoms with Gasteiger partial charge in [-0.2, -0.15) is 0 Å². The topological polar surface area (TPSA) is 114 Å². The number of aromatic amines is 1. The van der Waals surface area contributed by atoms with Gasteiger partial charge in [-0.15, -0.1) is 0 Å². The molecule has 2 heterocycles. The van der Waals surface area contributed by atoms with E-state index in [4.69, 9.17) is 0 Å². The summed E-state index contributed by atoms with van der Waals surface area (Å²) in [6.07, 6.45) is 6.50. The summed E-state index contributed by atoms with van der Waals surface area (Å²) in [7, 11) is -1.91. The summed E-state index contributed by atoms with van der Waals surface area (Å²) in [4.78, 5) is 29.8. The summed E-state index contributed by atoms with van der Waals surface area (Å²) in [6.45, 7) is 0. The molecule has 8 nitrogen and oxygen atoms in total. The van der Waals surface area contributed by atoms with E-state index >= 15 is 0 Å². The van der Waals surface area contributed by atoms with Gasteiger partial charge >= 0.3 is 0 Å². The Hall–Kier alpha value is -2.94. The van der Waals surface area contributed by atoms with Gasteiger partial charge in [-0.3, -0.25) is 19.4 Å². The molecule has 2 N–H and O–H groups in total. The van der Waals surface area contributed by atoms with Crippen LogP contribution in [-0.2, 0) is 28.1 Å². The van der Waals surface area contributed by atoms with E-state index in [1.165, 1.54) is 10.9 Å². The third-order valence-electron chi connectivity index (χ3n) is 6.50. The highest BCUT2D eigenvalue weighted by atomic mass is 32.2. The number of hydrogen-bond acceptors (Lipinski definition) is 6. The van der Waals surface area contributed by atoms with Gasteiger partial charge in [0.15, 0.2) is 15.5 Å². The summed E-state index contributed by atoms with van der Waals surface area (Å²) in [5, 5.41) is 6.42. The largest absolute Gasteiger partial charge is 0.354 e. The predicted octanol–water partition coefficient (Wildman–Crippen LogP) is 3.20. The van der Waals surface area contributed by atoms with Gasteiger partial charge in [-0.25, -0.2) is 13.4 Å². The monoisotopic (exact) mass is 454 g/mol. The van der Waals surface area contributed by atoms with Crippen LogP contribution >= 0.6 is 0 Å². The van der Waals surface area contributed by atoms with E-state index in [-0.39, 0.29) is 28.6 Å². The van der Waals surface area contributed by atoms with Gasteiger partial charge in [-0.1, -0.05) is 12.5 Å². The van der Waals surface area contributed by atoms with Crippen molar-refractivity contribution in [1.82, 2.24) is 14.8 Å². The van der Waals surface area contributed by atoms with Crippen LogP contribution in [0.4, 0.5) is 11.4 Å². The molecule has 1 aromatic carbocycles. The molecule has 2 aromatic heterocycles. The quantitative estimate of drug-likeness (QED) is 0.567. The second kappa shape index (κ2) is 7.58. The number of carbonyl (C=O) groups is 1. The number of aromatic nitrogens is 3. The average molecular weight is 455 g/mol. The maximum atomic E-state index is 12.7. The molecule has 5 rings (SSSR count). The molecule has 9 heteroatoms. The second-order valence-electron chi connectivity index (χ2n) is 9.06. The second-order valence-corrected chi connectivity index (χ2v) is 11.0. The molecule has 0 saturated heterocycles. The lowest BCUT2D eigenvalue weighted by Crippen LogP contribution is -2.13. The number of anilines is 2. The third-order valence-corrected chi connectivity index (χ3v) is 7.64. The van der Waals surface area contributed by atoms with Gasteiger partial charge in [0.2, 0.25) is 0 Å². The molecule has 2 fully saturated rings. The normalized spacial score (nSPS) is 16.8. The highest BCUT2D eigenvalue weighted by molar-refractivity contribution is 7.90. The molecule has 0 unspecified atom stereocenters. The fourth-order valence-corrected chi connectivity index (χ4v) is 5.15. The first-order chi connectivity index (χ1) is 15.2. The first kappa shape index (κ1) is 20.9. The van der Waals surface area contributed by atoms with Crippen LogP contribution in [0.25, 0.3) is 11.0 Å². The number of pyridine rings is 1. The van der Waals surface area contributed by atoms with Gasteiger partial charge in [0.05, 0.1) is 22.0 Å². The number of ketones is 1. The maximum Gasteiger partial charge on any atom is 0.277 e. The first-order valence-electron chi connectivity index (χ1n) is 10.9. The molecule has 2 aliphatic carbocycles. The molecule has 32 heavy (non-hydrogen) atoms. The summed E-state index contributed by atoms with van der Waals surface area (Å²) in [5.74, 6) is 0.645. The standard InChI is InChI=1S/C23H26N4O4S/c1-27-23(29)21-18(11-16(24-22(21)26-27)12-19(28)14-6-7-14)25-17-9-8-15(13-4-3-5-13)10-20(17)32(2,30)31/h8-11,13-14H,3-7,12H2,1-2H3,(H2,24,25,26). The van der Waals surface area contributed by atoms with Crippen LogP contribution in [0.3, 0.4) is 0 Å². The van der Waals surface area contributed by atoms with Crippen molar-refractivity contribution in [3.05, 3.63) is 45.9 Å². The van der Waals surface area contributed by atoms with Crippen LogP contribution in [0.5, 0.6) is 0 Å². The minimum absolute atomic E-state index is 0.106. The third kappa shape index (κ3) is 3.85. The Balaban J connectivity index is 1.59. The Morgan fingerprint density at radius 2 is 1.94 bits per heavy atom. The smallest absolute Gasteiger partial charge is 0.277 e. The molecule has 0 spiro atoms. The molecule has 2 aliphatic rings. The minimum Gasteiger partial charge on any atom is -0.354 e. The van der Waals surface area contributed by atoms with Gasteiger partial charge in [-0.05, 0) is 55.4 Å². The molecule has 0 atom stereocenters. The van der Waals surface area contributed by atoms with Crippen molar-refractivity contribution in [1.29, 1.82) is 0 Å². The van der Waals surface area contributed by atoms with Crippen LogP contribution < -0.4 is 10.9 Å². The highest BCUT2D eigenvalue weighted by Crippen LogP contribution is 2.39. The van der Waals surface area contributed by atoms with E-state index in [1.54, 1.807) is 25.2 Å². The Kier molecular flexibility index (Phi) is 4.96. The minimum atomic E-state index is -3.51. The first-order valence-corrected chi connectivity index (χ1v) is 12.8. The SMILES string of the molecule is Cn1[nH]c2nc(CC(=O)C3CC3)cc(Nc3ccc(C4CCC4)cc3S(C)(=O)=O)c2c1=O. The Morgan fingerprint density at radius 3 is 2.56 bits per heavy atom. The van der Waals surface area contributed by atoms with Crippen LogP contribution in [-0.4, -0.2) is 35.2 Å². The number of fused-ring (bicyclic) bond motifs is 1. The van der Waals surface area contributed by atoms with Gasteiger partial charge in [0.25, 0.3) is 5.56 Å². The molecule has 0 aliphatic heterocycles. The van der Waals surface area contributed by atoms with Crippen molar-refractivity contribution < 1.29 is 13.2 Å². The Labute approximate surface area is 185 Å². The van der Waals surface area contributed by atoms with E-state index < -0.39 is 9.84 Å². The van der Waals surface area contributed by atoms with Crippen molar-refractivity contribution in [2.75, 3.05) is 11.6 Å². The van der Waals surface area contributed by atoms with Crippen LogP contribution in [0.2, 0.25) is 0 Å². The molecule has 0 radical (unpaired) electrons. The number of nitrogens with zero attached hydrogens (tertiary/aromatic N) is 2. The number of nitrogens with one attached hydrogen (secondary N) is 2. The van der Waals surface area contributed by atoms with Gasteiger partial charge in [0, 0.05) is 25.6 Å². The van der Waals surface area contributed by atoms with Crippen molar-refractivity contribution in [3.63, 3.8) is 0 Å². The predicted molar refractivity (Wildman–Crippen MR) is 122 cm³/mol. The number of sulfone groups is 1. The zero-order chi connectivity index (χ0) is 22.6. The highest BCUT2D eigenvalue weighted by Gasteiger charge is 2.30. The summed E-state index contributed by atoms with van der Waals surface area (Å²) >= 11 is 0. The zero-order valence-corrected chi connectivity index (χ0v) is 19.0.